The lowest BCUT2D eigenvalue weighted by molar-refractivity contribution is 0.662. The van der Waals surface area contributed by atoms with Gasteiger partial charge in [-0.05, 0) is 34.5 Å². The van der Waals surface area contributed by atoms with Gasteiger partial charge in [-0.1, -0.05) is 6.42 Å². The number of anilines is 1. The van der Waals surface area contributed by atoms with Crippen molar-refractivity contribution < 1.29 is 0 Å². The molecule has 0 radical (unpaired) electrons. The van der Waals surface area contributed by atoms with Gasteiger partial charge in [-0.15, -0.1) is 0 Å². The second-order valence-corrected chi connectivity index (χ2v) is 5.69. The fraction of sp³-hybridized carbons (Fsp3) is 0.600. The number of hydrogen-bond acceptors (Lipinski definition) is 4. The number of nitrogens with one attached hydrogen (secondary N) is 1. The van der Waals surface area contributed by atoms with E-state index in [0.717, 1.165) is 16.1 Å². The molecular weight excluding hydrogens is 274 g/mol. The zero-order chi connectivity index (χ0) is 10.7. The molecule has 0 saturated carbocycles. The van der Waals surface area contributed by atoms with Gasteiger partial charge in [0.25, 0.3) is 0 Å². The average molecular weight is 288 g/mol. The maximum Gasteiger partial charge on any atom is 0.143 e. The molecule has 0 bridgehead atoms. The van der Waals surface area contributed by atoms with Gasteiger partial charge in [0, 0.05) is 13.2 Å². The van der Waals surface area contributed by atoms with Crippen molar-refractivity contribution in [3.05, 3.63) is 16.5 Å². The quantitative estimate of drug-likeness (QED) is 0.906. The molecule has 1 atom stereocenters. The molecule has 0 amide bonds. The third kappa shape index (κ3) is 2.64. The van der Waals surface area contributed by atoms with Crippen LogP contribution in [0.2, 0.25) is 0 Å². The predicted octanol–water partition coefficient (Wildman–Crippen LogP) is 3.24. The van der Waals surface area contributed by atoms with E-state index in [2.05, 4.69) is 31.2 Å². The summed E-state index contributed by atoms with van der Waals surface area (Å²) in [5, 5.41) is 3.55. The monoisotopic (exact) mass is 287 g/mol. The Bertz CT molecular complexity index is 339. The van der Waals surface area contributed by atoms with Crippen molar-refractivity contribution in [2.75, 3.05) is 18.1 Å². The van der Waals surface area contributed by atoms with E-state index in [1.807, 2.05) is 25.0 Å². The van der Waals surface area contributed by atoms with E-state index in [1.165, 1.54) is 25.0 Å². The predicted molar refractivity (Wildman–Crippen MR) is 68.3 cm³/mol. The first-order valence-electron chi connectivity index (χ1n) is 5.13. The average Bonchev–Trinajstić information content (AvgIpc) is 2.31. The van der Waals surface area contributed by atoms with Gasteiger partial charge >= 0.3 is 0 Å². The summed E-state index contributed by atoms with van der Waals surface area (Å²) >= 11 is 5.39. The number of thioether (sulfide) groups is 1. The zero-order valence-electron chi connectivity index (χ0n) is 8.66. The highest BCUT2D eigenvalue weighted by atomic mass is 79.9. The summed E-state index contributed by atoms with van der Waals surface area (Å²) in [7, 11) is 1.88. The Hall–Kier alpha value is -0.290. The second-order valence-electron chi connectivity index (χ2n) is 3.53. The van der Waals surface area contributed by atoms with Gasteiger partial charge in [0.05, 0.1) is 9.72 Å². The van der Waals surface area contributed by atoms with E-state index in [0.29, 0.717) is 5.25 Å². The van der Waals surface area contributed by atoms with E-state index in [-0.39, 0.29) is 0 Å². The van der Waals surface area contributed by atoms with Crippen LogP contribution in [0.25, 0.3) is 0 Å². The summed E-state index contributed by atoms with van der Waals surface area (Å²) in [6.07, 6.45) is 5.67. The summed E-state index contributed by atoms with van der Waals surface area (Å²) in [5.74, 6) is 3.08. The molecule has 0 aromatic carbocycles. The van der Waals surface area contributed by atoms with Crippen LogP contribution >= 0.6 is 27.7 Å². The first-order valence-corrected chi connectivity index (χ1v) is 6.97. The number of hydrogen-bond donors (Lipinski definition) is 1. The fourth-order valence-corrected chi connectivity index (χ4v) is 3.30. The van der Waals surface area contributed by atoms with Gasteiger partial charge in [0.15, 0.2) is 0 Å². The van der Waals surface area contributed by atoms with Crippen LogP contribution < -0.4 is 5.32 Å². The van der Waals surface area contributed by atoms with Crippen LogP contribution in [-0.4, -0.2) is 22.8 Å². The first kappa shape index (κ1) is 11.2. The van der Waals surface area contributed by atoms with Crippen molar-refractivity contribution in [3.8, 4) is 0 Å². The molecular formula is C10H14BrN3S. The lowest BCUT2D eigenvalue weighted by atomic mass is 10.2. The van der Waals surface area contributed by atoms with Crippen molar-refractivity contribution in [2.24, 2.45) is 0 Å². The summed E-state index contributed by atoms with van der Waals surface area (Å²) in [5.41, 5.74) is 0. The molecule has 15 heavy (non-hydrogen) atoms. The lowest BCUT2D eigenvalue weighted by Gasteiger charge is -2.20. The normalized spacial score (nSPS) is 21.3. The van der Waals surface area contributed by atoms with Crippen molar-refractivity contribution in [3.63, 3.8) is 0 Å². The largest absolute Gasteiger partial charge is 0.372 e. The zero-order valence-corrected chi connectivity index (χ0v) is 11.1. The standard InChI is InChI=1S/C10H14BrN3S/c1-12-9-7(11)6-13-10(14-9)8-4-2-3-5-15-8/h6,8H,2-5H2,1H3,(H,12,13,14). The number of aromatic nitrogens is 2. The van der Waals surface area contributed by atoms with E-state index in [9.17, 15) is 0 Å². The number of rotatable bonds is 2. The van der Waals surface area contributed by atoms with E-state index in [4.69, 9.17) is 0 Å². The molecule has 1 aliphatic heterocycles. The van der Waals surface area contributed by atoms with E-state index in [1.54, 1.807) is 0 Å². The summed E-state index contributed by atoms with van der Waals surface area (Å²) in [6, 6.07) is 0. The molecule has 1 unspecified atom stereocenters. The third-order valence-electron chi connectivity index (χ3n) is 2.47. The highest BCUT2D eigenvalue weighted by molar-refractivity contribution is 9.10. The van der Waals surface area contributed by atoms with Crippen LogP contribution in [0.1, 0.15) is 30.3 Å². The molecule has 82 valence electrons. The molecule has 1 aromatic heterocycles. The minimum absolute atomic E-state index is 0.485. The SMILES string of the molecule is CNc1nc(C2CCCCS2)ncc1Br. The van der Waals surface area contributed by atoms with Gasteiger partial charge < -0.3 is 5.32 Å². The summed E-state index contributed by atoms with van der Waals surface area (Å²) in [4.78, 5) is 8.92. The molecule has 1 fully saturated rings. The highest BCUT2D eigenvalue weighted by Gasteiger charge is 2.19. The van der Waals surface area contributed by atoms with E-state index >= 15 is 0 Å². The van der Waals surface area contributed by atoms with Gasteiger partial charge in [-0.25, -0.2) is 9.97 Å². The molecule has 0 spiro atoms. The Balaban J connectivity index is 2.20. The van der Waals surface area contributed by atoms with Crippen molar-refractivity contribution >= 4 is 33.5 Å². The van der Waals surface area contributed by atoms with E-state index < -0.39 is 0 Å². The topological polar surface area (TPSA) is 37.8 Å². The highest BCUT2D eigenvalue weighted by Crippen LogP contribution is 2.37. The van der Waals surface area contributed by atoms with Crippen LogP contribution in [0, 0.1) is 0 Å². The molecule has 1 aliphatic rings. The van der Waals surface area contributed by atoms with Crippen molar-refractivity contribution in [1.29, 1.82) is 0 Å². The van der Waals surface area contributed by atoms with Gasteiger partial charge in [-0.3, -0.25) is 0 Å². The maximum absolute atomic E-state index is 4.52. The van der Waals surface area contributed by atoms with Crippen LogP contribution in [0.4, 0.5) is 5.82 Å². The van der Waals surface area contributed by atoms with Crippen molar-refractivity contribution in [1.82, 2.24) is 9.97 Å². The fourth-order valence-electron chi connectivity index (χ4n) is 1.66. The molecule has 0 aliphatic carbocycles. The minimum atomic E-state index is 0.485. The van der Waals surface area contributed by atoms with Crippen LogP contribution in [0.5, 0.6) is 0 Å². The van der Waals surface area contributed by atoms with Crippen LogP contribution in [0.15, 0.2) is 10.7 Å². The minimum Gasteiger partial charge on any atom is -0.372 e. The van der Waals surface area contributed by atoms with Gasteiger partial charge in [0.2, 0.25) is 0 Å². The Labute approximate surface area is 103 Å². The van der Waals surface area contributed by atoms with Crippen LogP contribution in [-0.2, 0) is 0 Å². The molecule has 1 N–H and O–H groups in total. The Morgan fingerprint density at radius 2 is 2.40 bits per heavy atom. The smallest absolute Gasteiger partial charge is 0.143 e. The van der Waals surface area contributed by atoms with Gasteiger partial charge in [-0.2, -0.15) is 11.8 Å². The maximum atomic E-state index is 4.52. The van der Waals surface area contributed by atoms with Crippen LogP contribution in [0.3, 0.4) is 0 Å². The molecule has 1 saturated heterocycles. The lowest BCUT2D eigenvalue weighted by Crippen LogP contribution is -2.08. The van der Waals surface area contributed by atoms with Gasteiger partial charge in [0.1, 0.15) is 11.6 Å². The molecule has 5 heteroatoms. The van der Waals surface area contributed by atoms with Crippen molar-refractivity contribution in [2.45, 2.75) is 24.5 Å². The molecule has 1 aromatic rings. The first-order chi connectivity index (χ1) is 7.31. The third-order valence-corrected chi connectivity index (χ3v) is 4.42. The molecule has 2 heterocycles. The Morgan fingerprint density at radius 1 is 1.53 bits per heavy atom. The second kappa shape index (κ2) is 5.16. The summed E-state index contributed by atoms with van der Waals surface area (Å²) in [6.45, 7) is 0. The Kier molecular flexibility index (Phi) is 3.86. The Morgan fingerprint density at radius 3 is 3.07 bits per heavy atom. The summed E-state index contributed by atoms with van der Waals surface area (Å²) < 4.78 is 0.926. The number of nitrogens with zero attached hydrogens (tertiary/aromatic N) is 2. The molecule has 2 rings (SSSR count). The molecule has 3 nitrogen and oxygen atoms in total. The number of halogens is 1.